The van der Waals surface area contributed by atoms with Gasteiger partial charge in [-0.1, -0.05) is 6.07 Å². The van der Waals surface area contributed by atoms with Gasteiger partial charge in [0.05, 0.1) is 11.9 Å². The van der Waals surface area contributed by atoms with Crippen molar-refractivity contribution < 1.29 is 22.9 Å². The number of benzene rings is 1. The molecule has 25 heavy (non-hydrogen) atoms. The SMILES string of the molecule is CC(C)NC(=O)C[NH+](C)CC(=O)Nc1cccc(S(=O)(=O)N(C)C)c1. The fourth-order valence-corrected chi connectivity index (χ4v) is 3.08. The molecule has 0 spiro atoms. The van der Waals surface area contributed by atoms with Gasteiger partial charge in [-0.15, -0.1) is 0 Å². The Morgan fingerprint density at radius 2 is 1.76 bits per heavy atom. The number of anilines is 1. The van der Waals surface area contributed by atoms with Crippen LogP contribution in [0.5, 0.6) is 0 Å². The van der Waals surface area contributed by atoms with E-state index >= 15 is 0 Å². The lowest BCUT2D eigenvalue weighted by Crippen LogP contribution is -3.11. The van der Waals surface area contributed by atoms with Gasteiger partial charge < -0.3 is 15.5 Å². The van der Waals surface area contributed by atoms with E-state index in [1.165, 1.54) is 26.2 Å². The second-order valence-electron chi connectivity index (χ2n) is 6.40. The van der Waals surface area contributed by atoms with E-state index in [9.17, 15) is 18.0 Å². The third-order valence-electron chi connectivity index (χ3n) is 3.27. The maximum atomic E-state index is 12.1. The van der Waals surface area contributed by atoms with Crippen LogP contribution in [0, 0.1) is 0 Å². The van der Waals surface area contributed by atoms with Crippen molar-refractivity contribution >= 4 is 27.5 Å². The van der Waals surface area contributed by atoms with Crippen LogP contribution in [0.3, 0.4) is 0 Å². The molecule has 0 saturated carbocycles. The number of rotatable bonds is 8. The number of amides is 2. The molecule has 2 amide bonds. The molecule has 0 heterocycles. The summed E-state index contributed by atoms with van der Waals surface area (Å²) in [6, 6.07) is 6.12. The number of nitrogens with zero attached hydrogens (tertiary/aromatic N) is 1. The number of carbonyl (C=O) groups is 2. The highest BCUT2D eigenvalue weighted by molar-refractivity contribution is 7.89. The summed E-state index contributed by atoms with van der Waals surface area (Å²) in [7, 11) is 1.07. The Labute approximate surface area is 149 Å². The van der Waals surface area contributed by atoms with Crippen LogP contribution in [0.15, 0.2) is 29.2 Å². The Kier molecular flexibility index (Phi) is 7.53. The first kappa shape index (κ1) is 21.1. The molecule has 140 valence electrons. The van der Waals surface area contributed by atoms with Gasteiger partial charge in [-0.2, -0.15) is 0 Å². The van der Waals surface area contributed by atoms with Gasteiger partial charge in [0.2, 0.25) is 10.0 Å². The molecular weight excluding hydrogens is 344 g/mol. The molecule has 0 aliphatic heterocycles. The maximum Gasteiger partial charge on any atom is 0.279 e. The van der Waals surface area contributed by atoms with Gasteiger partial charge in [0.15, 0.2) is 13.1 Å². The molecule has 0 aliphatic rings. The van der Waals surface area contributed by atoms with E-state index in [4.69, 9.17) is 0 Å². The molecule has 3 N–H and O–H groups in total. The minimum Gasteiger partial charge on any atom is -0.349 e. The number of sulfonamides is 1. The summed E-state index contributed by atoms with van der Waals surface area (Å²) in [6.07, 6.45) is 0. The first-order valence-electron chi connectivity index (χ1n) is 7.95. The molecular formula is C16H27N4O4S+. The van der Waals surface area contributed by atoms with Crippen LogP contribution in [-0.2, 0) is 19.6 Å². The van der Waals surface area contributed by atoms with Crippen molar-refractivity contribution in [1.82, 2.24) is 9.62 Å². The van der Waals surface area contributed by atoms with Gasteiger partial charge in [-0.05, 0) is 32.0 Å². The van der Waals surface area contributed by atoms with Crippen molar-refractivity contribution in [1.29, 1.82) is 0 Å². The van der Waals surface area contributed by atoms with E-state index in [1.54, 1.807) is 19.2 Å². The summed E-state index contributed by atoms with van der Waals surface area (Å²) in [6.45, 7) is 4.01. The molecule has 0 fully saturated rings. The Morgan fingerprint density at radius 1 is 1.16 bits per heavy atom. The molecule has 0 saturated heterocycles. The van der Waals surface area contributed by atoms with Gasteiger partial charge in [-0.25, -0.2) is 12.7 Å². The van der Waals surface area contributed by atoms with E-state index in [0.717, 1.165) is 9.21 Å². The van der Waals surface area contributed by atoms with Crippen LogP contribution >= 0.6 is 0 Å². The summed E-state index contributed by atoms with van der Waals surface area (Å²) in [5.41, 5.74) is 0.396. The number of hydrogen-bond donors (Lipinski definition) is 3. The third-order valence-corrected chi connectivity index (χ3v) is 5.08. The van der Waals surface area contributed by atoms with Gasteiger partial charge in [-0.3, -0.25) is 9.59 Å². The molecule has 1 rings (SSSR count). The Morgan fingerprint density at radius 3 is 2.32 bits per heavy atom. The highest BCUT2D eigenvalue weighted by Gasteiger charge is 2.18. The first-order valence-corrected chi connectivity index (χ1v) is 9.39. The van der Waals surface area contributed by atoms with Crippen LogP contribution in [0.4, 0.5) is 5.69 Å². The van der Waals surface area contributed by atoms with Crippen molar-refractivity contribution in [2.24, 2.45) is 0 Å². The largest absolute Gasteiger partial charge is 0.349 e. The lowest BCUT2D eigenvalue weighted by molar-refractivity contribution is -0.862. The molecule has 0 radical (unpaired) electrons. The molecule has 1 aromatic carbocycles. The van der Waals surface area contributed by atoms with Crippen LogP contribution < -0.4 is 15.5 Å². The molecule has 0 aromatic heterocycles. The van der Waals surface area contributed by atoms with E-state index in [-0.39, 0.29) is 35.8 Å². The second-order valence-corrected chi connectivity index (χ2v) is 8.55. The predicted molar refractivity (Wildman–Crippen MR) is 95.8 cm³/mol. The van der Waals surface area contributed by atoms with Crippen LogP contribution in [0.25, 0.3) is 0 Å². The Balaban J connectivity index is 2.68. The molecule has 1 atom stereocenters. The third kappa shape index (κ3) is 6.81. The summed E-state index contributed by atoms with van der Waals surface area (Å²) in [5.74, 6) is -0.423. The number of carbonyl (C=O) groups excluding carboxylic acids is 2. The van der Waals surface area contributed by atoms with E-state index in [1.807, 2.05) is 13.8 Å². The molecule has 1 unspecified atom stereocenters. The lowest BCUT2D eigenvalue weighted by Gasteiger charge is -2.15. The van der Waals surface area contributed by atoms with Crippen molar-refractivity contribution in [2.75, 3.05) is 39.5 Å². The average molecular weight is 371 g/mol. The maximum absolute atomic E-state index is 12.1. The second kappa shape index (κ2) is 8.93. The summed E-state index contributed by atoms with van der Waals surface area (Å²) in [5, 5.41) is 5.43. The fraction of sp³-hybridized carbons (Fsp3) is 0.500. The molecule has 0 aliphatic carbocycles. The summed E-state index contributed by atoms with van der Waals surface area (Å²) in [4.78, 5) is 24.6. The number of nitrogens with one attached hydrogen (secondary N) is 3. The Hall–Kier alpha value is -1.97. The van der Waals surface area contributed by atoms with Crippen LogP contribution in [0.2, 0.25) is 0 Å². The number of likely N-dealkylation sites (N-methyl/N-ethyl adjacent to an activating group) is 1. The standard InChI is InChI=1S/C16H26N4O4S/c1-12(2)17-15(21)10-20(5)11-16(22)18-13-7-6-8-14(9-13)25(23,24)19(3)4/h6-9,12H,10-11H2,1-5H3,(H,17,21)(H,18,22)/p+1. The highest BCUT2D eigenvalue weighted by Crippen LogP contribution is 2.17. The van der Waals surface area contributed by atoms with E-state index < -0.39 is 10.0 Å². The summed E-state index contributed by atoms with van der Waals surface area (Å²) < 4.78 is 25.4. The van der Waals surface area contributed by atoms with Crippen molar-refractivity contribution in [3.8, 4) is 0 Å². The van der Waals surface area contributed by atoms with Gasteiger partial charge in [0.1, 0.15) is 0 Å². The van der Waals surface area contributed by atoms with Gasteiger partial charge in [0.25, 0.3) is 11.8 Å². The normalized spacial score (nSPS) is 12.9. The van der Waals surface area contributed by atoms with Crippen LogP contribution in [-0.4, -0.2) is 64.8 Å². The zero-order valence-electron chi connectivity index (χ0n) is 15.3. The zero-order valence-corrected chi connectivity index (χ0v) is 16.1. The first-order chi connectivity index (χ1) is 11.5. The predicted octanol–water partition coefficient (Wildman–Crippen LogP) is -1.09. The summed E-state index contributed by atoms with van der Waals surface area (Å²) >= 11 is 0. The minimum atomic E-state index is -3.56. The zero-order chi connectivity index (χ0) is 19.2. The van der Waals surface area contributed by atoms with Crippen LogP contribution in [0.1, 0.15) is 13.8 Å². The van der Waals surface area contributed by atoms with E-state index in [0.29, 0.717) is 5.69 Å². The van der Waals surface area contributed by atoms with Crippen molar-refractivity contribution in [3.63, 3.8) is 0 Å². The minimum absolute atomic E-state index is 0.0514. The smallest absolute Gasteiger partial charge is 0.279 e. The monoisotopic (exact) mass is 371 g/mol. The number of quaternary nitrogens is 1. The highest BCUT2D eigenvalue weighted by atomic mass is 32.2. The average Bonchev–Trinajstić information content (AvgIpc) is 2.45. The molecule has 9 heteroatoms. The van der Waals surface area contributed by atoms with Gasteiger partial charge in [0, 0.05) is 25.8 Å². The number of hydrogen-bond acceptors (Lipinski definition) is 4. The lowest BCUT2D eigenvalue weighted by atomic mass is 10.3. The van der Waals surface area contributed by atoms with E-state index in [2.05, 4.69) is 10.6 Å². The molecule has 8 nitrogen and oxygen atoms in total. The van der Waals surface area contributed by atoms with Gasteiger partial charge >= 0.3 is 0 Å². The van der Waals surface area contributed by atoms with Crippen molar-refractivity contribution in [3.05, 3.63) is 24.3 Å². The topological polar surface area (TPSA) is 100 Å². The Bertz CT molecular complexity index is 717. The fourth-order valence-electron chi connectivity index (χ4n) is 2.13. The van der Waals surface area contributed by atoms with Crippen molar-refractivity contribution in [2.45, 2.75) is 24.8 Å². The quantitative estimate of drug-likeness (QED) is 0.541. The molecule has 1 aromatic rings. The molecule has 0 bridgehead atoms.